The maximum absolute atomic E-state index is 3.72. The van der Waals surface area contributed by atoms with E-state index in [0.29, 0.717) is 0 Å². The SMILES string of the molecule is CC1CCC(CNC2CCCNC2)C1. The summed E-state index contributed by atoms with van der Waals surface area (Å²) in [7, 11) is 0. The molecule has 1 aliphatic carbocycles. The second-order valence-corrected chi connectivity index (χ2v) is 5.24. The number of nitrogens with one attached hydrogen (secondary N) is 2. The van der Waals surface area contributed by atoms with Crippen LogP contribution in [-0.4, -0.2) is 25.7 Å². The Morgan fingerprint density at radius 3 is 2.86 bits per heavy atom. The van der Waals surface area contributed by atoms with Gasteiger partial charge < -0.3 is 10.6 Å². The molecular weight excluding hydrogens is 172 g/mol. The minimum atomic E-state index is 0.750. The van der Waals surface area contributed by atoms with Crippen molar-refractivity contribution in [1.29, 1.82) is 0 Å². The van der Waals surface area contributed by atoms with E-state index in [1.165, 1.54) is 51.7 Å². The van der Waals surface area contributed by atoms with Crippen molar-refractivity contribution in [3.05, 3.63) is 0 Å². The van der Waals surface area contributed by atoms with Crippen molar-refractivity contribution in [2.45, 2.75) is 45.1 Å². The average molecular weight is 196 g/mol. The zero-order chi connectivity index (χ0) is 9.80. The molecule has 82 valence electrons. The van der Waals surface area contributed by atoms with Gasteiger partial charge >= 0.3 is 0 Å². The van der Waals surface area contributed by atoms with Gasteiger partial charge in [-0.3, -0.25) is 0 Å². The normalized spacial score (nSPS) is 38.8. The summed E-state index contributed by atoms with van der Waals surface area (Å²) in [6, 6.07) is 0.750. The van der Waals surface area contributed by atoms with E-state index < -0.39 is 0 Å². The predicted molar refractivity (Wildman–Crippen MR) is 60.4 cm³/mol. The molecule has 1 heterocycles. The molecule has 0 radical (unpaired) electrons. The molecule has 1 saturated carbocycles. The minimum Gasteiger partial charge on any atom is -0.315 e. The van der Waals surface area contributed by atoms with Crippen LogP contribution in [0.4, 0.5) is 0 Å². The lowest BCUT2D eigenvalue weighted by Gasteiger charge is -2.25. The van der Waals surface area contributed by atoms with Crippen LogP contribution in [0.2, 0.25) is 0 Å². The number of hydrogen-bond acceptors (Lipinski definition) is 2. The van der Waals surface area contributed by atoms with Gasteiger partial charge in [-0.2, -0.15) is 0 Å². The molecule has 0 bridgehead atoms. The fourth-order valence-corrected chi connectivity index (χ4v) is 2.87. The van der Waals surface area contributed by atoms with Gasteiger partial charge in [0.2, 0.25) is 0 Å². The first-order valence-electron chi connectivity index (χ1n) is 6.28. The van der Waals surface area contributed by atoms with Crippen LogP contribution in [0.3, 0.4) is 0 Å². The molecule has 0 amide bonds. The lowest BCUT2D eigenvalue weighted by molar-refractivity contribution is 0.358. The standard InChI is InChI=1S/C12H24N2/c1-10-4-5-11(7-10)8-14-12-3-2-6-13-9-12/h10-14H,2-9H2,1H3. The third-order valence-electron chi connectivity index (χ3n) is 3.80. The van der Waals surface area contributed by atoms with Gasteiger partial charge in [0, 0.05) is 12.6 Å². The highest BCUT2D eigenvalue weighted by Crippen LogP contribution is 2.29. The van der Waals surface area contributed by atoms with Crippen molar-refractivity contribution in [1.82, 2.24) is 10.6 Å². The van der Waals surface area contributed by atoms with Gasteiger partial charge in [0.05, 0.1) is 0 Å². The molecule has 2 N–H and O–H groups in total. The Bertz CT molecular complexity index is 159. The zero-order valence-electron chi connectivity index (χ0n) is 9.39. The van der Waals surface area contributed by atoms with Crippen molar-refractivity contribution in [2.24, 2.45) is 11.8 Å². The Morgan fingerprint density at radius 2 is 2.21 bits per heavy atom. The van der Waals surface area contributed by atoms with E-state index in [2.05, 4.69) is 17.6 Å². The van der Waals surface area contributed by atoms with Crippen LogP contribution in [0.5, 0.6) is 0 Å². The molecule has 2 fully saturated rings. The second-order valence-electron chi connectivity index (χ2n) is 5.24. The summed E-state index contributed by atoms with van der Waals surface area (Å²) in [5.41, 5.74) is 0. The maximum atomic E-state index is 3.72. The molecule has 3 unspecified atom stereocenters. The molecule has 2 aliphatic rings. The molecule has 1 saturated heterocycles. The summed E-state index contributed by atoms with van der Waals surface area (Å²) in [6.07, 6.45) is 7.07. The van der Waals surface area contributed by atoms with Gasteiger partial charge in [0.1, 0.15) is 0 Å². The summed E-state index contributed by atoms with van der Waals surface area (Å²) in [5.74, 6) is 1.94. The van der Waals surface area contributed by atoms with E-state index in [4.69, 9.17) is 0 Å². The lowest BCUT2D eigenvalue weighted by Crippen LogP contribution is -2.44. The molecule has 1 aliphatic heterocycles. The molecule has 2 rings (SSSR count). The Labute approximate surface area is 87.8 Å². The molecule has 0 aromatic heterocycles. The Balaban J connectivity index is 1.61. The van der Waals surface area contributed by atoms with Crippen LogP contribution in [0.25, 0.3) is 0 Å². The molecule has 0 spiro atoms. The molecule has 2 heteroatoms. The quantitative estimate of drug-likeness (QED) is 0.719. The predicted octanol–water partition coefficient (Wildman–Crippen LogP) is 1.76. The number of rotatable bonds is 3. The van der Waals surface area contributed by atoms with E-state index in [9.17, 15) is 0 Å². The first kappa shape index (κ1) is 10.4. The van der Waals surface area contributed by atoms with Gasteiger partial charge in [-0.25, -0.2) is 0 Å². The van der Waals surface area contributed by atoms with E-state index in [1.807, 2.05) is 0 Å². The van der Waals surface area contributed by atoms with Crippen molar-refractivity contribution >= 4 is 0 Å². The molecule has 2 nitrogen and oxygen atoms in total. The summed E-state index contributed by atoms with van der Waals surface area (Å²) < 4.78 is 0. The van der Waals surface area contributed by atoms with E-state index >= 15 is 0 Å². The van der Waals surface area contributed by atoms with Gasteiger partial charge in [-0.1, -0.05) is 13.3 Å². The summed E-state index contributed by atoms with van der Waals surface area (Å²) in [5, 5.41) is 7.18. The van der Waals surface area contributed by atoms with Crippen LogP contribution < -0.4 is 10.6 Å². The van der Waals surface area contributed by atoms with Crippen molar-refractivity contribution < 1.29 is 0 Å². The van der Waals surface area contributed by atoms with Crippen LogP contribution in [0.1, 0.15) is 39.0 Å². The largest absolute Gasteiger partial charge is 0.315 e. The molecule has 0 aromatic carbocycles. The topological polar surface area (TPSA) is 24.1 Å². The van der Waals surface area contributed by atoms with Crippen molar-refractivity contribution in [3.8, 4) is 0 Å². The minimum absolute atomic E-state index is 0.750. The highest BCUT2D eigenvalue weighted by atomic mass is 15.0. The Kier molecular flexibility index (Phi) is 3.82. The summed E-state index contributed by atoms with van der Waals surface area (Å²) in [6.45, 7) is 6.06. The summed E-state index contributed by atoms with van der Waals surface area (Å²) in [4.78, 5) is 0. The first-order valence-corrected chi connectivity index (χ1v) is 6.28. The van der Waals surface area contributed by atoms with Crippen molar-refractivity contribution in [3.63, 3.8) is 0 Å². The lowest BCUT2D eigenvalue weighted by atomic mass is 10.0. The van der Waals surface area contributed by atoms with Crippen LogP contribution in [0.15, 0.2) is 0 Å². The van der Waals surface area contributed by atoms with Gasteiger partial charge in [-0.05, 0) is 50.6 Å². The zero-order valence-corrected chi connectivity index (χ0v) is 9.39. The van der Waals surface area contributed by atoms with Gasteiger partial charge in [0.25, 0.3) is 0 Å². The third-order valence-corrected chi connectivity index (χ3v) is 3.80. The monoisotopic (exact) mass is 196 g/mol. The van der Waals surface area contributed by atoms with E-state index in [-0.39, 0.29) is 0 Å². The fraction of sp³-hybridized carbons (Fsp3) is 1.00. The van der Waals surface area contributed by atoms with E-state index in [1.54, 1.807) is 0 Å². The fourth-order valence-electron chi connectivity index (χ4n) is 2.87. The third kappa shape index (κ3) is 2.96. The first-order chi connectivity index (χ1) is 6.84. The number of piperidine rings is 1. The Hall–Kier alpha value is -0.0800. The highest BCUT2D eigenvalue weighted by Gasteiger charge is 2.22. The second kappa shape index (κ2) is 5.13. The van der Waals surface area contributed by atoms with Gasteiger partial charge in [0.15, 0.2) is 0 Å². The Morgan fingerprint density at radius 1 is 1.29 bits per heavy atom. The van der Waals surface area contributed by atoms with Crippen LogP contribution >= 0.6 is 0 Å². The smallest absolute Gasteiger partial charge is 0.0193 e. The van der Waals surface area contributed by atoms with E-state index in [0.717, 1.165) is 17.9 Å². The average Bonchev–Trinajstić information content (AvgIpc) is 2.63. The van der Waals surface area contributed by atoms with Crippen LogP contribution in [-0.2, 0) is 0 Å². The maximum Gasteiger partial charge on any atom is 0.0193 e. The molecule has 14 heavy (non-hydrogen) atoms. The highest BCUT2D eigenvalue weighted by molar-refractivity contribution is 4.79. The number of hydrogen-bond donors (Lipinski definition) is 2. The molecular formula is C12H24N2. The molecule has 0 aromatic rings. The molecule has 3 atom stereocenters. The van der Waals surface area contributed by atoms with Crippen LogP contribution in [0, 0.1) is 11.8 Å². The van der Waals surface area contributed by atoms with Crippen molar-refractivity contribution in [2.75, 3.05) is 19.6 Å². The van der Waals surface area contributed by atoms with Gasteiger partial charge in [-0.15, -0.1) is 0 Å². The summed E-state index contributed by atoms with van der Waals surface area (Å²) >= 11 is 0.